The van der Waals surface area contributed by atoms with E-state index in [9.17, 15) is 20.0 Å². The predicted octanol–water partition coefficient (Wildman–Crippen LogP) is 2.09. The van der Waals surface area contributed by atoms with Crippen LogP contribution in [0.15, 0.2) is 28.4 Å². The molecule has 0 radical (unpaired) electrons. The molecule has 1 fully saturated rings. The maximum Gasteiger partial charge on any atom is 0.353 e. The molecular weight excluding hydrogens is 392 g/mol. The molecule has 0 saturated carbocycles. The number of likely N-dealkylation sites (tertiary alicyclic amines) is 1. The Balaban J connectivity index is 1.68. The number of allylic oxidation sites excluding steroid dienone is 1. The molecule has 3 rings (SSSR count). The van der Waals surface area contributed by atoms with E-state index in [2.05, 4.69) is 21.4 Å². The molecule has 0 bridgehead atoms. The van der Waals surface area contributed by atoms with E-state index in [-0.39, 0.29) is 11.6 Å². The minimum atomic E-state index is -1.03. The number of nitriles is 1. The fraction of sp³-hybridized carbons (Fsp3) is 0.421. The first-order valence-electron chi connectivity index (χ1n) is 9.42. The summed E-state index contributed by atoms with van der Waals surface area (Å²) in [5.41, 5.74) is 0.877. The number of aliphatic carboxylic acids is 1. The molecule has 2 aliphatic heterocycles. The van der Waals surface area contributed by atoms with E-state index in [1.807, 2.05) is 11.8 Å². The van der Waals surface area contributed by atoms with Crippen molar-refractivity contribution in [3.8, 4) is 6.07 Å². The van der Waals surface area contributed by atoms with Gasteiger partial charge in [0.15, 0.2) is 0 Å². The Morgan fingerprint density at radius 3 is 2.97 bits per heavy atom. The van der Waals surface area contributed by atoms with Gasteiger partial charge in [0.2, 0.25) is 11.9 Å². The van der Waals surface area contributed by atoms with Crippen LogP contribution < -0.4 is 5.32 Å². The van der Waals surface area contributed by atoms with Crippen LogP contribution in [-0.4, -0.2) is 62.9 Å². The van der Waals surface area contributed by atoms with Crippen LogP contribution in [0, 0.1) is 11.3 Å². The van der Waals surface area contributed by atoms with Crippen molar-refractivity contribution in [3.05, 3.63) is 34.1 Å². The molecule has 1 aromatic heterocycles. The molecule has 152 valence electrons. The fourth-order valence-electron chi connectivity index (χ4n) is 3.23. The first kappa shape index (κ1) is 20.7. The first-order chi connectivity index (χ1) is 14.0. The quantitative estimate of drug-likeness (QED) is 0.486. The van der Waals surface area contributed by atoms with E-state index in [4.69, 9.17) is 0 Å². The van der Waals surface area contributed by atoms with E-state index < -0.39 is 5.97 Å². The Hall–Kier alpha value is -3.06. The number of nitrogens with zero attached hydrogens (tertiary/aromatic N) is 5. The summed E-state index contributed by atoms with van der Waals surface area (Å²) in [6.45, 7) is 4.38. The van der Waals surface area contributed by atoms with E-state index in [1.165, 1.54) is 17.2 Å². The zero-order valence-electron chi connectivity index (χ0n) is 16.1. The van der Waals surface area contributed by atoms with Crippen molar-refractivity contribution in [2.45, 2.75) is 26.2 Å². The summed E-state index contributed by atoms with van der Waals surface area (Å²) in [6.07, 6.45) is 3.90. The second-order valence-electron chi connectivity index (χ2n) is 6.49. The van der Waals surface area contributed by atoms with Gasteiger partial charge in [-0.3, -0.25) is 4.79 Å². The molecule has 1 aromatic rings. The van der Waals surface area contributed by atoms with Crippen LogP contribution in [0.5, 0.6) is 0 Å². The number of carbonyl (C=O) groups is 2. The second kappa shape index (κ2) is 9.43. The molecule has 0 spiro atoms. The fourth-order valence-corrected chi connectivity index (χ4v) is 4.30. The van der Waals surface area contributed by atoms with Gasteiger partial charge in [-0.25, -0.2) is 14.8 Å². The Labute approximate surface area is 173 Å². The molecule has 10 heteroatoms. The molecule has 0 unspecified atom stereocenters. The molecule has 1 amide bonds. The normalized spacial score (nSPS) is 17.9. The summed E-state index contributed by atoms with van der Waals surface area (Å²) in [6, 6.07) is 3.78. The lowest BCUT2D eigenvalue weighted by Gasteiger charge is -2.20. The summed E-state index contributed by atoms with van der Waals surface area (Å²) in [5, 5.41) is 24.2. The summed E-state index contributed by atoms with van der Waals surface area (Å²) in [5.74, 6) is -0.438. The van der Waals surface area contributed by atoms with Gasteiger partial charge < -0.3 is 20.2 Å². The van der Waals surface area contributed by atoms with Crippen LogP contribution in [0.4, 0.5) is 5.95 Å². The number of nitrogens with one attached hydrogen (secondary N) is 1. The van der Waals surface area contributed by atoms with E-state index in [0.717, 1.165) is 19.4 Å². The van der Waals surface area contributed by atoms with Crippen LogP contribution in [0.25, 0.3) is 5.57 Å². The van der Waals surface area contributed by atoms with Gasteiger partial charge in [0.25, 0.3) is 0 Å². The molecule has 3 heterocycles. The number of likely N-dealkylation sites (N-methyl/N-ethyl adjacent to an activating group) is 1. The molecule has 0 aliphatic carbocycles. The zero-order valence-corrected chi connectivity index (χ0v) is 16.9. The van der Waals surface area contributed by atoms with Crippen molar-refractivity contribution < 1.29 is 14.7 Å². The van der Waals surface area contributed by atoms with E-state index in [0.29, 0.717) is 48.3 Å². The summed E-state index contributed by atoms with van der Waals surface area (Å²) < 4.78 is 0. The van der Waals surface area contributed by atoms with Crippen molar-refractivity contribution in [2.75, 3.05) is 31.5 Å². The average Bonchev–Trinajstić information content (AvgIpc) is 3.32. The average molecular weight is 414 g/mol. The number of rotatable bonds is 8. The topological polar surface area (TPSA) is 122 Å². The molecule has 0 atom stereocenters. The van der Waals surface area contributed by atoms with Crippen molar-refractivity contribution in [1.29, 1.82) is 5.26 Å². The van der Waals surface area contributed by atoms with E-state index >= 15 is 0 Å². The number of hydrogen-bond acceptors (Lipinski definition) is 8. The Bertz CT molecular complexity index is 907. The number of amides is 1. The minimum absolute atomic E-state index is 0.143. The Morgan fingerprint density at radius 2 is 2.31 bits per heavy atom. The highest BCUT2D eigenvalue weighted by molar-refractivity contribution is 8.06. The highest BCUT2D eigenvalue weighted by Gasteiger charge is 2.28. The van der Waals surface area contributed by atoms with Gasteiger partial charge in [0.05, 0.1) is 5.69 Å². The van der Waals surface area contributed by atoms with Crippen molar-refractivity contribution in [1.82, 2.24) is 19.8 Å². The number of aromatic nitrogens is 2. The third kappa shape index (κ3) is 4.68. The number of carboxylic acids is 1. The summed E-state index contributed by atoms with van der Waals surface area (Å²) in [7, 11) is 0. The second-order valence-corrected chi connectivity index (χ2v) is 7.35. The SMILES string of the molecule is CCN1C(C(=O)O)=CSC1=C(C#N)c1ccnc(NCCCN2CCCC2=O)n1. The van der Waals surface area contributed by atoms with Gasteiger partial charge in [-0.2, -0.15) is 5.26 Å². The van der Waals surface area contributed by atoms with Crippen LogP contribution in [-0.2, 0) is 9.59 Å². The Kier molecular flexibility index (Phi) is 6.72. The van der Waals surface area contributed by atoms with Crippen LogP contribution in [0.1, 0.15) is 31.9 Å². The van der Waals surface area contributed by atoms with E-state index in [1.54, 1.807) is 17.2 Å². The monoisotopic (exact) mass is 414 g/mol. The highest BCUT2D eigenvalue weighted by Crippen LogP contribution is 2.38. The van der Waals surface area contributed by atoms with Gasteiger partial charge in [-0.05, 0) is 25.8 Å². The summed E-state index contributed by atoms with van der Waals surface area (Å²) in [4.78, 5) is 35.1. The van der Waals surface area contributed by atoms with Gasteiger partial charge in [0, 0.05) is 44.2 Å². The lowest BCUT2D eigenvalue weighted by atomic mass is 10.2. The molecule has 2 aliphatic rings. The largest absolute Gasteiger partial charge is 0.477 e. The molecule has 9 nitrogen and oxygen atoms in total. The molecular formula is C19H22N6O3S. The molecule has 2 N–H and O–H groups in total. The lowest BCUT2D eigenvalue weighted by molar-refractivity contribution is -0.134. The third-order valence-corrected chi connectivity index (χ3v) is 5.64. The maximum absolute atomic E-state index is 11.6. The van der Waals surface area contributed by atoms with Crippen LogP contribution >= 0.6 is 11.8 Å². The maximum atomic E-state index is 11.6. The minimum Gasteiger partial charge on any atom is -0.477 e. The van der Waals surface area contributed by atoms with Crippen LogP contribution in [0.3, 0.4) is 0 Å². The third-order valence-electron chi connectivity index (χ3n) is 4.65. The van der Waals surface area contributed by atoms with Gasteiger partial charge in [-0.1, -0.05) is 11.8 Å². The number of carbonyl (C=O) groups excluding carboxylic acids is 1. The first-order valence-corrected chi connectivity index (χ1v) is 10.3. The number of hydrogen-bond donors (Lipinski definition) is 2. The highest BCUT2D eigenvalue weighted by atomic mass is 32.2. The standard InChI is InChI=1S/C19H22N6O3S/c1-2-25-15(18(27)28)12-29-17(25)13(11-20)14-6-8-22-19(23-14)21-7-4-10-24-9-3-5-16(24)26/h6,8,12H,2-5,7,9-10H2,1H3,(H,27,28)(H,21,22,23). The smallest absolute Gasteiger partial charge is 0.353 e. The van der Waals surface area contributed by atoms with Crippen molar-refractivity contribution in [2.24, 2.45) is 0 Å². The number of anilines is 1. The van der Waals surface area contributed by atoms with Crippen LogP contribution in [0.2, 0.25) is 0 Å². The zero-order chi connectivity index (χ0) is 20.8. The lowest BCUT2D eigenvalue weighted by Crippen LogP contribution is -2.27. The number of thioether (sulfide) groups is 1. The molecule has 1 saturated heterocycles. The van der Waals surface area contributed by atoms with Gasteiger partial charge >= 0.3 is 5.97 Å². The Morgan fingerprint density at radius 1 is 1.48 bits per heavy atom. The molecule has 29 heavy (non-hydrogen) atoms. The van der Waals surface area contributed by atoms with Crippen molar-refractivity contribution in [3.63, 3.8) is 0 Å². The predicted molar refractivity (Wildman–Crippen MR) is 109 cm³/mol. The number of carboxylic acid groups (broad SMARTS) is 1. The summed E-state index contributed by atoms with van der Waals surface area (Å²) >= 11 is 1.20. The van der Waals surface area contributed by atoms with Gasteiger partial charge in [-0.15, -0.1) is 0 Å². The van der Waals surface area contributed by atoms with Gasteiger partial charge in [0.1, 0.15) is 22.4 Å². The molecule has 0 aromatic carbocycles. The van der Waals surface area contributed by atoms with Crippen molar-refractivity contribution >= 4 is 35.2 Å².